The van der Waals surface area contributed by atoms with Crippen molar-refractivity contribution in [2.24, 2.45) is 5.41 Å². The van der Waals surface area contributed by atoms with Crippen LogP contribution in [0.15, 0.2) is 24.3 Å². The quantitative estimate of drug-likeness (QED) is 0.925. The molecule has 2 aliphatic rings. The van der Waals surface area contributed by atoms with E-state index in [0.717, 1.165) is 19.5 Å². The molecule has 0 radical (unpaired) electrons. The third-order valence-corrected chi connectivity index (χ3v) is 4.16. The fraction of sp³-hybridized carbons (Fsp3) is 0.533. The van der Waals surface area contributed by atoms with Gasteiger partial charge in [-0.2, -0.15) is 0 Å². The van der Waals surface area contributed by atoms with Gasteiger partial charge in [-0.05, 0) is 30.7 Å². The number of hydrogen-bond donors (Lipinski definition) is 1. The van der Waals surface area contributed by atoms with Crippen molar-refractivity contribution in [1.82, 2.24) is 10.2 Å². The molecule has 5 nitrogen and oxygen atoms in total. The minimum Gasteiger partial charge on any atom is -0.445 e. The van der Waals surface area contributed by atoms with Gasteiger partial charge in [-0.3, -0.25) is 0 Å². The summed E-state index contributed by atoms with van der Waals surface area (Å²) in [4.78, 5) is 13.6. The van der Waals surface area contributed by atoms with Crippen molar-refractivity contribution in [2.75, 3.05) is 26.2 Å². The molecule has 1 amide bonds. The number of carbonyl (C=O) groups excluding carboxylic acids is 1. The monoisotopic (exact) mass is 330 g/mol. The second-order valence-corrected chi connectivity index (χ2v) is 6.03. The summed E-state index contributed by atoms with van der Waals surface area (Å²) in [6, 6.07) is 5.26. The van der Waals surface area contributed by atoms with Crippen LogP contribution in [-0.2, 0) is 11.3 Å². The lowest BCUT2D eigenvalue weighted by Gasteiger charge is -2.46. The van der Waals surface area contributed by atoms with Crippen LogP contribution in [0.25, 0.3) is 0 Å². The first-order chi connectivity index (χ1) is 10.9. The average molecular weight is 330 g/mol. The first kappa shape index (κ1) is 15.9. The Bertz CT molecular complexity index is 560. The Kier molecular flexibility index (Phi) is 4.09. The number of hydrogen-bond acceptors (Lipinski definition) is 4. The van der Waals surface area contributed by atoms with Gasteiger partial charge in [-0.1, -0.05) is 12.1 Å². The highest BCUT2D eigenvalue weighted by molar-refractivity contribution is 5.69. The summed E-state index contributed by atoms with van der Waals surface area (Å²) in [7, 11) is 0. The molecular formula is C15H17F3N2O3. The summed E-state index contributed by atoms with van der Waals surface area (Å²) in [5.74, 6) is -0.300. The molecule has 1 aromatic carbocycles. The Hall–Kier alpha value is -1.96. The summed E-state index contributed by atoms with van der Waals surface area (Å²) in [6.45, 7) is 3.31. The number of carbonyl (C=O) groups is 1. The van der Waals surface area contributed by atoms with Gasteiger partial charge in [0.25, 0.3) is 0 Å². The maximum absolute atomic E-state index is 12.1. The van der Waals surface area contributed by atoms with E-state index in [1.165, 1.54) is 24.3 Å². The van der Waals surface area contributed by atoms with Gasteiger partial charge < -0.3 is 19.7 Å². The second kappa shape index (κ2) is 5.92. The highest BCUT2D eigenvalue weighted by Gasteiger charge is 2.47. The van der Waals surface area contributed by atoms with Gasteiger partial charge in [0.05, 0.1) is 0 Å². The summed E-state index contributed by atoms with van der Waals surface area (Å²) in [6.07, 6.45) is -4.04. The Morgan fingerprint density at radius 1 is 1.26 bits per heavy atom. The van der Waals surface area contributed by atoms with Gasteiger partial charge in [-0.15, -0.1) is 13.2 Å². The smallest absolute Gasteiger partial charge is 0.445 e. The molecule has 2 saturated heterocycles. The summed E-state index contributed by atoms with van der Waals surface area (Å²) in [5, 5.41) is 3.28. The Morgan fingerprint density at radius 3 is 2.52 bits per heavy atom. The van der Waals surface area contributed by atoms with Crippen LogP contribution in [0.3, 0.4) is 0 Å². The predicted octanol–water partition coefficient (Wildman–Crippen LogP) is 2.52. The Morgan fingerprint density at radius 2 is 1.96 bits per heavy atom. The van der Waals surface area contributed by atoms with Gasteiger partial charge in [0, 0.05) is 25.0 Å². The largest absolute Gasteiger partial charge is 0.573 e. The van der Waals surface area contributed by atoms with E-state index >= 15 is 0 Å². The second-order valence-electron chi connectivity index (χ2n) is 6.03. The van der Waals surface area contributed by atoms with E-state index in [-0.39, 0.29) is 17.8 Å². The van der Waals surface area contributed by atoms with Crippen molar-refractivity contribution in [3.05, 3.63) is 29.8 Å². The molecule has 2 aliphatic heterocycles. The van der Waals surface area contributed by atoms with Crippen LogP contribution in [-0.4, -0.2) is 43.5 Å². The number of amides is 1. The molecule has 0 aromatic heterocycles. The third kappa shape index (κ3) is 3.87. The van der Waals surface area contributed by atoms with Crippen LogP contribution in [0.5, 0.6) is 5.75 Å². The summed E-state index contributed by atoms with van der Waals surface area (Å²) < 4.78 is 45.1. The minimum atomic E-state index is -4.71. The average Bonchev–Trinajstić information content (AvgIpc) is 2.93. The number of halogens is 3. The zero-order chi connectivity index (χ0) is 16.5. The van der Waals surface area contributed by atoms with Crippen LogP contribution in [0, 0.1) is 5.41 Å². The molecule has 1 N–H and O–H groups in total. The topological polar surface area (TPSA) is 50.8 Å². The molecule has 0 atom stereocenters. The van der Waals surface area contributed by atoms with Gasteiger partial charge in [0.1, 0.15) is 12.4 Å². The number of rotatable bonds is 3. The van der Waals surface area contributed by atoms with Gasteiger partial charge in [0.15, 0.2) is 0 Å². The fourth-order valence-electron chi connectivity index (χ4n) is 2.98. The van der Waals surface area contributed by atoms with E-state index in [1.54, 1.807) is 4.90 Å². The van der Waals surface area contributed by atoms with E-state index in [4.69, 9.17) is 4.74 Å². The lowest BCUT2D eigenvalue weighted by molar-refractivity contribution is -0.274. The van der Waals surface area contributed by atoms with E-state index in [2.05, 4.69) is 10.1 Å². The number of nitrogens with one attached hydrogen (secondary N) is 1. The van der Waals surface area contributed by atoms with Crippen LogP contribution < -0.4 is 10.1 Å². The van der Waals surface area contributed by atoms with Crippen molar-refractivity contribution in [1.29, 1.82) is 0 Å². The first-order valence-corrected chi connectivity index (χ1v) is 7.32. The molecule has 8 heteroatoms. The van der Waals surface area contributed by atoms with Crippen LogP contribution >= 0.6 is 0 Å². The number of benzene rings is 1. The molecule has 2 fully saturated rings. The predicted molar refractivity (Wildman–Crippen MR) is 74.8 cm³/mol. The molecule has 0 aliphatic carbocycles. The molecule has 2 heterocycles. The van der Waals surface area contributed by atoms with Crippen molar-refractivity contribution in [3.63, 3.8) is 0 Å². The molecule has 0 saturated carbocycles. The molecule has 0 unspecified atom stereocenters. The maximum atomic E-state index is 12.1. The third-order valence-electron chi connectivity index (χ3n) is 4.16. The van der Waals surface area contributed by atoms with Crippen molar-refractivity contribution >= 4 is 6.09 Å². The van der Waals surface area contributed by atoms with E-state index in [1.807, 2.05) is 0 Å². The number of nitrogens with zero attached hydrogens (tertiary/aromatic N) is 1. The van der Waals surface area contributed by atoms with Gasteiger partial charge in [-0.25, -0.2) is 4.79 Å². The Balaban J connectivity index is 1.44. The normalized spacial score (nSPS) is 19.5. The van der Waals surface area contributed by atoms with Crippen molar-refractivity contribution in [3.8, 4) is 5.75 Å². The standard InChI is InChI=1S/C15H17F3N2O3/c16-15(17,18)23-12-3-1-11(2-4-12)7-22-13(21)20-9-14(10-20)5-6-19-8-14/h1-4,19H,5-10H2. The molecule has 0 bridgehead atoms. The molecule has 1 aromatic rings. The molecular weight excluding hydrogens is 313 g/mol. The summed E-state index contributed by atoms with van der Waals surface area (Å²) in [5.41, 5.74) is 0.806. The van der Waals surface area contributed by atoms with Crippen molar-refractivity contribution < 1.29 is 27.4 Å². The fourth-order valence-corrected chi connectivity index (χ4v) is 2.98. The zero-order valence-electron chi connectivity index (χ0n) is 12.4. The van der Waals surface area contributed by atoms with Gasteiger partial charge >= 0.3 is 12.5 Å². The van der Waals surface area contributed by atoms with Crippen LogP contribution in [0.2, 0.25) is 0 Å². The van der Waals surface area contributed by atoms with Crippen LogP contribution in [0.4, 0.5) is 18.0 Å². The van der Waals surface area contributed by atoms with E-state index in [0.29, 0.717) is 18.7 Å². The molecule has 23 heavy (non-hydrogen) atoms. The number of ether oxygens (including phenoxy) is 2. The SMILES string of the molecule is O=C(OCc1ccc(OC(F)(F)F)cc1)N1CC2(CCNC2)C1. The van der Waals surface area contributed by atoms with Gasteiger partial charge in [0.2, 0.25) is 0 Å². The molecule has 3 rings (SSSR count). The maximum Gasteiger partial charge on any atom is 0.573 e. The highest BCUT2D eigenvalue weighted by atomic mass is 19.4. The first-order valence-electron chi connectivity index (χ1n) is 7.32. The molecule has 126 valence electrons. The minimum absolute atomic E-state index is 0.0207. The zero-order valence-corrected chi connectivity index (χ0v) is 12.4. The summed E-state index contributed by atoms with van der Waals surface area (Å²) >= 11 is 0. The lowest BCUT2D eigenvalue weighted by Crippen LogP contribution is -2.59. The van der Waals surface area contributed by atoms with E-state index in [9.17, 15) is 18.0 Å². The lowest BCUT2D eigenvalue weighted by atomic mass is 9.79. The van der Waals surface area contributed by atoms with Crippen LogP contribution in [0.1, 0.15) is 12.0 Å². The van der Waals surface area contributed by atoms with E-state index < -0.39 is 12.5 Å². The molecule has 1 spiro atoms. The van der Waals surface area contributed by atoms with Crippen molar-refractivity contribution in [2.45, 2.75) is 19.4 Å². The number of alkyl halides is 3. The Labute approximate surface area is 131 Å². The number of likely N-dealkylation sites (tertiary alicyclic amines) is 1. The highest BCUT2D eigenvalue weighted by Crippen LogP contribution is 2.36.